The Balaban J connectivity index is 2.14. The van der Waals surface area contributed by atoms with Crippen LogP contribution in [0.2, 0.25) is 0 Å². The highest BCUT2D eigenvalue weighted by Gasteiger charge is 2.06. The summed E-state index contributed by atoms with van der Waals surface area (Å²) in [6.45, 7) is 0.100. The van der Waals surface area contributed by atoms with Crippen LogP contribution in [0.5, 0.6) is 0 Å². The quantitative estimate of drug-likeness (QED) is 0.563. The molecule has 0 aliphatic rings. The third kappa shape index (κ3) is 3.03. The normalized spacial score (nSPS) is 10.1. The van der Waals surface area contributed by atoms with Crippen molar-refractivity contribution in [1.29, 1.82) is 0 Å². The number of nitrogens with one attached hydrogen (secondary N) is 3. The summed E-state index contributed by atoms with van der Waals surface area (Å²) >= 11 is 0. The van der Waals surface area contributed by atoms with Crippen molar-refractivity contribution < 1.29 is 9.90 Å². The Kier molecular flexibility index (Phi) is 3.37. The molecule has 19 heavy (non-hydrogen) atoms. The summed E-state index contributed by atoms with van der Waals surface area (Å²) in [5, 5.41) is 17.0. The molecule has 9 heteroatoms. The molecule has 9 nitrogen and oxygen atoms in total. The van der Waals surface area contributed by atoms with E-state index in [4.69, 9.17) is 5.11 Å². The van der Waals surface area contributed by atoms with Gasteiger partial charge in [0, 0.05) is 6.20 Å². The Hall–Kier alpha value is -2.97. The highest BCUT2D eigenvalue weighted by molar-refractivity contribution is 5.87. The average Bonchev–Trinajstić information content (AvgIpc) is 2.38. The molecule has 4 N–H and O–H groups in total. The van der Waals surface area contributed by atoms with Gasteiger partial charge < -0.3 is 10.4 Å². The minimum Gasteiger partial charge on any atom is -0.478 e. The Bertz CT molecular complexity index is 720. The first kappa shape index (κ1) is 12.5. The van der Waals surface area contributed by atoms with Crippen molar-refractivity contribution in [2.75, 3.05) is 5.32 Å². The second-order valence-corrected chi connectivity index (χ2v) is 3.55. The summed E-state index contributed by atoms with van der Waals surface area (Å²) in [4.78, 5) is 38.8. The Morgan fingerprint density at radius 2 is 2.21 bits per heavy atom. The van der Waals surface area contributed by atoms with Crippen LogP contribution in [0, 0.1) is 0 Å². The van der Waals surface area contributed by atoms with Crippen LogP contribution in [0.3, 0.4) is 0 Å². The second-order valence-electron chi connectivity index (χ2n) is 3.55. The van der Waals surface area contributed by atoms with E-state index in [1.807, 2.05) is 4.98 Å². The number of carboxylic acids is 1. The number of anilines is 1. The van der Waals surface area contributed by atoms with Gasteiger partial charge in [0.2, 0.25) is 5.82 Å². The van der Waals surface area contributed by atoms with Crippen LogP contribution >= 0.6 is 0 Å². The van der Waals surface area contributed by atoms with Gasteiger partial charge in [0.15, 0.2) is 0 Å². The SMILES string of the molecule is O=C(O)c1ccnc(CNc2n[nH]c(=O)[nH]c2=O)c1. The maximum atomic E-state index is 11.3. The van der Waals surface area contributed by atoms with E-state index in [0.717, 1.165) is 0 Å². The van der Waals surface area contributed by atoms with E-state index < -0.39 is 17.2 Å². The summed E-state index contributed by atoms with van der Waals surface area (Å²) in [7, 11) is 0. The van der Waals surface area contributed by atoms with Gasteiger partial charge in [-0.25, -0.2) is 14.7 Å². The second kappa shape index (κ2) is 5.12. The molecule has 0 atom stereocenters. The number of hydrogen-bond acceptors (Lipinski definition) is 6. The monoisotopic (exact) mass is 263 g/mol. The van der Waals surface area contributed by atoms with Crippen molar-refractivity contribution in [3.63, 3.8) is 0 Å². The van der Waals surface area contributed by atoms with Crippen molar-refractivity contribution >= 4 is 11.8 Å². The van der Waals surface area contributed by atoms with Crippen LogP contribution in [0.15, 0.2) is 27.9 Å². The zero-order chi connectivity index (χ0) is 13.8. The lowest BCUT2D eigenvalue weighted by Gasteiger charge is -2.03. The average molecular weight is 263 g/mol. The smallest absolute Gasteiger partial charge is 0.342 e. The highest BCUT2D eigenvalue weighted by atomic mass is 16.4. The highest BCUT2D eigenvalue weighted by Crippen LogP contribution is 2.03. The maximum Gasteiger partial charge on any atom is 0.342 e. The molecule has 0 aromatic carbocycles. The zero-order valence-electron chi connectivity index (χ0n) is 9.51. The molecule has 0 bridgehead atoms. The molecule has 0 amide bonds. The molecule has 0 fully saturated rings. The van der Waals surface area contributed by atoms with Gasteiger partial charge in [0.05, 0.1) is 17.8 Å². The van der Waals surface area contributed by atoms with E-state index in [1.54, 1.807) is 0 Å². The number of carboxylic acid groups (broad SMARTS) is 1. The first-order valence-electron chi connectivity index (χ1n) is 5.17. The summed E-state index contributed by atoms with van der Waals surface area (Å²) in [6, 6.07) is 2.73. The van der Waals surface area contributed by atoms with Crippen LogP contribution in [-0.2, 0) is 6.54 Å². The molecule has 0 radical (unpaired) electrons. The van der Waals surface area contributed by atoms with Gasteiger partial charge in [-0.15, -0.1) is 5.10 Å². The Labute approximate surface area is 105 Å². The maximum absolute atomic E-state index is 11.3. The Morgan fingerprint density at radius 3 is 2.89 bits per heavy atom. The van der Waals surface area contributed by atoms with Crippen molar-refractivity contribution in [2.45, 2.75) is 6.54 Å². The molecule has 2 heterocycles. The topological polar surface area (TPSA) is 141 Å². The molecule has 0 spiro atoms. The van der Waals surface area contributed by atoms with Gasteiger partial charge in [-0.2, -0.15) is 0 Å². The molecule has 2 aromatic heterocycles. The number of pyridine rings is 1. The molecule has 2 rings (SSSR count). The van der Waals surface area contributed by atoms with E-state index in [-0.39, 0.29) is 17.9 Å². The largest absolute Gasteiger partial charge is 0.478 e. The number of aromatic nitrogens is 4. The third-order valence-corrected chi connectivity index (χ3v) is 2.21. The third-order valence-electron chi connectivity index (χ3n) is 2.21. The van der Waals surface area contributed by atoms with Gasteiger partial charge in [-0.05, 0) is 12.1 Å². The van der Waals surface area contributed by atoms with Crippen LogP contribution in [-0.4, -0.2) is 31.2 Å². The van der Waals surface area contributed by atoms with Crippen LogP contribution in [0.1, 0.15) is 16.1 Å². The number of hydrogen-bond donors (Lipinski definition) is 4. The molecular formula is C10H9N5O4. The molecule has 0 aliphatic heterocycles. The van der Waals surface area contributed by atoms with Gasteiger partial charge in [0.25, 0.3) is 5.56 Å². The lowest BCUT2D eigenvalue weighted by molar-refractivity contribution is 0.0696. The fourth-order valence-electron chi connectivity index (χ4n) is 1.35. The van der Waals surface area contributed by atoms with Crippen molar-refractivity contribution in [1.82, 2.24) is 20.2 Å². The van der Waals surface area contributed by atoms with Gasteiger partial charge in [-0.1, -0.05) is 0 Å². The number of aromatic carboxylic acids is 1. The van der Waals surface area contributed by atoms with Gasteiger partial charge in [0.1, 0.15) is 0 Å². The summed E-state index contributed by atoms with van der Waals surface area (Å²) < 4.78 is 0. The number of carbonyl (C=O) groups is 1. The molecular weight excluding hydrogens is 254 g/mol. The van der Waals surface area contributed by atoms with Crippen molar-refractivity contribution in [2.24, 2.45) is 0 Å². The molecule has 0 saturated carbocycles. The van der Waals surface area contributed by atoms with E-state index >= 15 is 0 Å². The first-order valence-corrected chi connectivity index (χ1v) is 5.17. The first-order chi connectivity index (χ1) is 9.06. The lowest BCUT2D eigenvalue weighted by atomic mass is 10.2. The summed E-state index contributed by atoms with van der Waals surface area (Å²) in [5.41, 5.74) is -0.859. The fraction of sp³-hybridized carbons (Fsp3) is 0.100. The fourth-order valence-corrected chi connectivity index (χ4v) is 1.35. The number of H-pyrrole nitrogens is 2. The standard InChI is InChI=1S/C10H9N5O4/c16-8-7(14-15-10(19)13-8)12-4-6-3-5(9(17)18)1-2-11-6/h1-3H,4H2,(H,12,14)(H,17,18)(H2,13,15,16,19). The van der Waals surface area contributed by atoms with Crippen LogP contribution in [0.25, 0.3) is 0 Å². The molecule has 2 aromatic rings. The summed E-state index contributed by atoms with van der Waals surface area (Å²) in [6.07, 6.45) is 1.35. The molecule has 0 saturated heterocycles. The van der Waals surface area contributed by atoms with Gasteiger partial charge in [-0.3, -0.25) is 14.8 Å². The molecule has 0 unspecified atom stereocenters. The van der Waals surface area contributed by atoms with Crippen LogP contribution in [0.4, 0.5) is 5.82 Å². The predicted molar refractivity (Wildman–Crippen MR) is 64.0 cm³/mol. The molecule has 0 aliphatic carbocycles. The minimum atomic E-state index is -1.07. The van der Waals surface area contributed by atoms with Crippen molar-refractivity contribution in [3.8, 4) is 0 Å². The van der Waals surface area contributed by atoms with Gasteiger partial charge >= 0.3 is 11.7 Å². The minimum absolute atomic E-state index is 0.0814. The van der Waals surface area contributed by atoms with E-state index in [2.05, 4.69) is 20.5 Å². The number of rotatable bonds is 4. The summed E-state index contributed by atoms with van der Waals surface area (Å²) in [5.74, 6) is -1.15. The number of nitrogens with zero attached hydrogens (tertiary/aromatic N) is 2. The predicted octanol–water partition coefficient (Wildman–Crippen LogP) is -0.837. The van der Waals surface area contributed by atoms with Crippen LogP contribution < -0.4 is 16.6 Å². The Morgan fingerprint density at radius 1 is 1.42 bits per heavy atom. The lowest BCUT2D eigenvalue weighted by Crippen LogP contribution is -2.26. The van der Waals surface area contributed by atoms with Crippen molar-refractivity contribution in [3.05, 3.63) is 50.4 Å². The van der Waals surface area contributed by atoms with E-state index in [1.165, 1.54) is 18.3 Å². The van der Waals surface area contributed by atoms with E-state index in [0.29, 0.717) is 5.69 Å². The molecule has 98 valence electrons. The zero-order valence-corrected chi connectivity index (χ0v) is 9.51. The van der Waals surface area contributed by atoms with E-state index in [9.17, 15) is 14.4 Å². The number of aromatic amines is 2.